The molecule has 0 saturated heterocycles. The minimum atomic E-state index is -0.276. The molecule has 0 spiro atoms. The molecule has 0 unspecified atom stereocenters. The monoisotopic (exact) mass is 213 g/mol. The lowest BCUT2D eigenvalue weighted by molar-refractivity contribution is 0.465. The molecule has 0 radical (unpaired) electrons. The van der Waals surface area contributed by atoms with Crippen molar-refractivity contribution in [2.45, 2.75) is 13.0 Å². The van der Waals surface area contributed by atoms with E-state index in [4.69, 9.17) is 5.73 Å². The highest BCUT2D eigenvalue weighted by Crippen LogP contribution is 2.26. The fourth-order valence-corrected chi connectivity index (χ4v) is 1.70. The number of hydrogen-bond acceptors (Lipinski definition) is 2. The molecule has 0 aliphatic rings. The third-order valence-corrected chi connectivity index (χ3v) is 2.71. The average Bonchev–Trinajstić information content (AvgIpc) is 2.30. The first kappa shape index (κ1) is 10.7. The Labute approximate surface area is 95.4 Å². The van der Waals surface area contributed by atoms with Crippen LogP contribution in [0.2, 0.25) is 0 Å². The van der Waals surface area contributed by atoms with Gasteiger partial charge in [-0.1, -0.05) is 48.0 Å². The zero-order chi connectivity index (χ0) is 11.5. The van der Waals surface area contributed by atoms with Crippen molar-refractivity contribution in [3.63, 3.8) is 0 Å². The van der Waals surface area contributed by atoms with Crippen LogP contribution in [0.15, 0.2) is 48.5 Å². The van der Waals surface area contributed by atoms with Gasteiger partial charge in [0.25, 0.3) is 0 Å². The number of hydrogen-bond donors (Lipinski definition) is 2. The van der Waals surface area contributed by atoms with Crippen LogP contribution in [0, 0.1) is 6.92 Å². The molecule has 3 N–H and O–H groups in total. The van der Waals surface area contributed by atoms with Crippen molar-refractivity contribution in [1.29, 1.82) is 0 Å². The summed E-state index contributed by atoms with van der Waals surface area (Å²) in [4.78, 5) is 0. The van der Waals surface area contributed by atoms with E-state index >= 15 is 0 Å². The summed E-state index contributed by atoms with van der Waals surface area (Å²) in [5.41, 5.74) is 9.07. The molecule has 2 rings (SSSR count). The van der Waals surface area contributed by atoms with Gasteiger partial charge >= 0.3 is 0 Å². The Bertz CT molecular complexity index is 476. The summed E-state index contributed by atoms with van der Waals surface area (Å²) in [7, 11) is 0. The second kappa shape index (κ2) is 4.37. The molecule has 82 valence electrons. The van der Waals surface area contributed by atoms with Crippen LogP contribution in [0.1, 0.15) is 22.7 Å². The van der Waals surface area contributed by atoms with Gasteiger partial charge in [0, 0.05) is 5.56 Å². The van der Waals surface area contributed by atoms with Crippen molar-refractivity contribution < 1.29 is 5.11 Å². The Hall–Kier alpha value is -1.80. The Balaban J connectivity index is 2.35. The molecular formula is C14H15NO. The topological polar surface area (TPSA) is 46.2 Å². The van der Waals surface area contributed by atoms with E-state index in [0.717, 1.165) is 11.1 Å². The van der Waals surface area contributed by atoms with E-state index in [2.05, 4.69) is 0 Å². The van der Waals surface area contributed by atoms with E-state index in [-0.39, 0.29) is 11.8 Å². The van der Waals surface area contributed by atoms with E-state index < -0.39 is 0 Å². The minimum Gasteiger partial charge on any atom is -0.508 e. The van der Waals surface area contributed by atoms with Gasteiger partial charge in [0.1, 0.15) is 5.75 Å². The van der Waals surface area contributed by atoms with Crippen LogP contribution in [0.4, 0.5) is 0 Å². The van der Waals surface area contributed by atoms with Crippen LogP contribution in [0.5, 0.6) is 5.75 Å². The second-order valence-electron chi connectivity index (χ2n) is 3.95. The summed E-state index contributed by atoms with van der Waals surface area (Å²) in [6, 6.07) is 14.9. The van der Waals surface area contributed by atoms with Crippen LogP contribution in [0.3, 0.4) is 0 Å². The van der Waals surface area contributed by atoms with Gasteiger partial charge in [-0.05, 0) is 18.6 Å². The van der Waals surface area contributed by atoms with Gasteiger partial charge in [0.15, 0.2) is 0 Å². The molecule has 0 heterocycles. The molecule has 0 bridgehead atoms. The number of aromatic hydroxyl groups is 1. The summed E-state index contributed by atoms with van der Waals surface area (Å²) >= 11 is 0. The molecule has 0 aliphatic carbocycles. The van der Waals surface area contributed by atoms with Gasteiger partial charge in [0.05, 0.1) is 6.04 Å². The fourth-order valence-electron chi connectivity index (χ4n) is 1.70. The van der Waals surface area contributed by atoms with Crippen molar-refractivity contribution in [2.75, 3.05) is 0 Å². The second-order valence-corrected chi connectivity index (χ2v) is 3.95. The molecule has 0 aromatic heterocycles. The number of nitrogens with two attached hydrogens (primary N) is 1. The number of phenolic OH excluding ortho intramolecular Hbond substituents is 1. The summed E-state index contributed by atoms with van der Waals surface area (Å²) in [5, 5.41) is 9.72. The molecule has 2 aromatic carbocycles. The van der Waals surface area contributed by atoms with Crippen LogP contribution in [-0.4, -0.2) is 5.11 Å². The summed E-state index contributed by atoms with van der Waals surface area (Å²) in [6.07, 6.45) is 0. The Kier molecular flexibility index (Phi) is 2.93. The van der Waals surface area contributed by atoms with Crippen LogP contribution < -0.4 is 5.73 Å². The quantitative estimate of drug-likeness (QED) is 0.805. The van der Waals surface area contributed by atoms with E-state index in [1.54, 1.807) is 12.1 Å². The summed E-state index contributed by atoms with van der Waals surface area (Å²) in [6.45, 7) is 2.04. The molecule has 0 saturated carbocycles. The first-order valence-electron chi connectivity index (χ1n) is 5.28. The van der Waals surface area contributed by atoms with Crippen molar-refractivity contribution >= 4 is 0 Å². The zero-order valence-corrected chi connectivity index (χ0v) is 9.22. The molecule has 2 nitrogen and oxygen atoms in total. The molecule has 2 aromatic rings. The smallest absolute Gasteiger partial charge is 0.120 e. The first-order chi connectivity index (χ1) is 7.68. The fraction of sp³-hybridized carbons (Fsp3) is 0.143. The van der Waals surface area contributed by atoms with E-state index in [0.29, 0.717) is 0 Å². The normalized spacial score (nSPS) is 12.4. The van der Waals surface area contributed by atoms with Crippen LogP contribution >= 0.6 is 0 Å². The Morgan fingerprint density at radius 3 is 2.25 bits per heavy atom. The van der Waals surface area contributed by atoms with Crippen molar-refractivity contribution in [2.24, 2.45) is 5.73 Å². The lowest BCUT2D eigenvalue weighted by Crippen LogP contribution is -2.11. The Morgan fingerprint density at radius 1 is 1.00 bits per heavy atom. The number of rotatable bonds is 2. The molecule has 2 heteroatoms. The van der Waals surface area contributed by atoms with Gasteiger partial charge in [-0.15, -0.1) is 0 Å². The molecular weight excluding hydrogens is 198 g/mol. The van der Waals surface area contributed by atoms with E-state index in [1.807, 2.05) is 43.3 Å². The van der Waals surface area contributed by atoms with Gasteiger partial charge in [-0.25, -0.2) is 0 Å². The van der Waals surface area contributed by atoms with Crippen molar-refractivity contribution in [1.82, 2.24) is 0 Å². The van der Waals surface area contributed by atoms with Crippen LogP contribution in [-0.2, 0) is 0 Å². The predicted octanol–water partition coefficient (Wildman–Crippen LogP) is 2.75. The first-order valence-corrected chi connectivity index (χ1v) is 5.28. The number of phenols is 1. The zero-order valence-electron chi connectivity index (χ0n) is 9.22. The highest BCUT2D eigenvalue weighted by Gasteiger charge is 2.11. The Morgan fingerprint density at radius 2 is 1.62 bits per heavy atom. The molecule has 1 atom stereocenters. The highest BCUT2D eigenvalue weighted by molar-refractivity contribution is 5.40. The number of aryl methyl sites for hydroxylation is 1. The number of para-hydroxylation sites is 1. The largest absolute Gasteiger partial charge is 0.508 e. The summed E-state index contributed by atoms with van der Waals surface area (Å²) in [5.74, 6) is 0.246. The standard InChI is InChI=1S/C14H15NO/c1-10-6-8-11(9-7-10)14(15)12-4-2-3-5-13(12)16/h2-9,14,16H,15H2,1H3/t14-/m0/s1. The number of benzene rings is 2. The molecule has 0 fully saturated rings. The molecule has 0 aliphatic heterocycles. The van der Waals surface area contributed by atoms with Gasteiger partial charge in [-0.3, -0.25) is 0 Å². The minimum absolute atomic E-state index is 0.246. The maximum absolute atomic E-state index is 9.72. The summed E-state index contributed by atoms with van der Waals surface area (Å²) < 4.78 is 0. The molecule has 0 amide bonds. The van der Waals surface area contributed by atoms with Crippen molar-refractivity contribution in [3.8, 4) is 5.75 Å². The van der Waals surface area contributed by atoms with Gasteiger partial charge < -0.3 is 10.8 Å². The van der Waals surface area contributed by atoms with E-state index in [9.17, 15) is 5.11 Å². The maximum Gasteiger partial charge on any atom is 0.120 e. The highest BCUT2D eigenvalue weighted by atomic mass is 16.3. The van der Waals surface area contributed by atoms with Gasteiger partial charge in [0.2, 0.25) is 0 Å². The third-order valence-electron chi connectivity index (χ3n) is 2.71. The van der Waals surface area contributed by atoms with E-state index in [1.165, 1.54) is 5.56 Å². The average molecular weight is 213 g/mol. The molecule has 16 heavy (non-hydrogen) atoms. The van der Waals surface area contributed by atoms with Crippen LogP contribution in [0.25, 0.3) is 0 Å². The van der Waals surface area contributed by atoms with Crippen molar-refractivity contribution in [3.05, 3.63) is 65.2 Å². The SMILES string of the molecule is Cc1ccc([C@H](N)c2ccccc2O)cc1. The lowest BCUT2D eigenvalue weighted by Gasteiger charge is -2.14. The third kappa shape index (κ3) is 2.07. The lowest BCUT2D eigenvalue weighted by atomic mass is 9.98. The maximum atomic E-state index is 9.72. The predicted molar refractivity (Wildman–Crippen MR) is 65.3 cm³/mol. The van der Waals surface area contributed by atoms with Gasteiger partial charge in [-0.2, -0.15) is 0 Å².